The maximum Gasteiger partial charge on any atom is 0.408 e. The highest BCUT2D eigenvalue weighted by atomic mass is 32.1. The van der Waals surface area contributed by atoms with Gasteiger partial charge in [0, 0.05) is 0 Å². The number of hydrogen-bond donors (Lipinski definition) is 2. The van der Waals surface area contributed by atoms with Crippen molar-refractivity contribution in [1.82, 2.24) is 15.5 Å². The molecule has 0 radical (unpaired) electrons. The van der Waals surface area contributed by atoms with E-state index in [9.17, 15) is 9.59 Å². The first-order valence-corrected chi connectivity index (χ1v) is 6.08. The van der Waals surface area contributed by atoms with E-state index in [2.05, 4.69) is 15.5 Å². The molecule has 1 heterocycles. The maximum absolute atomic E-state index is 11.3. The Bertz CT molecular complexity index is 439. The molecule has 7 nitrogen and oxygen atoms in total. The van der Waals surface area contributed by atoms with Gasteiger partial charge in [0.05, 0.1) is 13.0 Å². The summed E-state index contributed by atoms with van der Waals surface area (Å²) in [6.07, 6.45) is -0.707. The number of amides is 1. The molecule has 0 aliphatic heterocycles. The van der Waals surface area contributed by atoms with E-state index in [-0.39, 0.29) is 13.0 Å². The first-order chi connectivity index (χ1) is 8.26. The number of carboxylic acid groups (broad SMARTS) is 1. The molecule has 2 N–H and O–H groups in total. The molecule has 0 unspecified atom stereocenters. The molecule has 0 aliphatic carbocycles. The van der Waals surface area contributed by atoms with Crippen LogP contribution in [0.4, 0.5) is 4.79 Å². The number of ether oxygens (including phenoxy) is 1. The minimum atomic E-state index is -0.960. The Labute approximate surface area is 108 Å². The lowest BCUT2D eigenvalue weighted by Gasteiger charge is -2.19. The van der Waals surface area contributed by atoms with Crippen molar-refractivity contribution in [1.29, 1.82) is 0 Å². The van der Waals surface area contributed by atoms with Crippen molar-refractivity contribution >= 4 is 23.4 Å². The average molecular weight is 273 g/mol. The second-order valence-electron chi connectivity index (χ2n) is 4.52. The van der Waals surface area contributed by atoms with Crippen LogP contribution in [0, 0.1) is 0 Å². The topological polar surface area (TPSA) is 101 Å². The Morgan fingerprint density at radius 3 is 2.50 bits per heavy atom. The summed E-state index contributed by atoms with van der Waals surface area (Å²) >= 11 is 1.15. The second-order valence-corrected chi connectivity index (χ2v) is 5.66. The summed E-state index contributed by atoms with van der Waals surface area (Å²) in [4.78, 5) is 21.8. The quantitative estimate of drug-likeness (QED) is 0.854. The molecule has 8 heteroatoms. The highest BCUT2D eigenvalue weighted by Gasteiger charge is 2.16. The van der Waals surface area contributed by atoms with E-state index in [1.54, 1.807) is 20.8 Å². The SMILES string of the molecule is CC(C)(C)OC(=O)NCc1nnc(CC(=O)O)s1. The summed E-state index contributed by atoms with van der Waals surface area (Å²) in [6, 6.07) is 0. The summed E-state index contributed by atoms with van der Waals surface area (Å²) in [5, 5.41) is 19.5. The minimum absolute atomic E-state index is 0.163. The predicted molar refractivity (Wildman–Crippen MR) is 64.3 cm³/mol. The zero-order valence-electron chi connectivity index (χ0n) is 10.4. The molecule has 100 valence electrons. The number of nitrogens with zero attached hydrogens (tertiary/aromatic N) is 2. The summed E-state index contributed by atoms with van der Waals surface area (Å²) in [5.41, 5.74) is -0.556. The fourth-order valence-corrected chi connectivity index (χ4v) is 1.80. The van der Waals surface area contributed by atoms with Gasteiger partial charge < -0.3 is 15.2 Å². The van der Waals surface area contributed by atoms with E-state index >= 15 is 0 Å². The molecule has 0 aromatic carbocycles. The van der Waals surface area contributed by atoms with Crippen LogP contribution in [0.1, 0.15) is 30.8 Å². The molecule has 0 bridgehead atoms. The van der Waals surface area contributed by atoms with E-state index in [1.807, 2.05) is 0 Å². The summed E-state index contributed by atoms with van der Waals surface area (Å²) < 4.78 is 5.04. The monoisotopic (exact) mass is 273 g/mol. The lowest BCUT2D eigenvalue weighted by atomic mass is 10.2. The molecule has 1 aromatic rings. The normalized spacial score (nSPS) is 11.1. The van der Waals surface area contributed by atoms with Crippen LogP contribution in [-0.4, -0.2) is 33.0 Å². The van der Waals surface area contributed by atoms with Crippen molar-refractivity contribution < 1.29 is 19.4 Å². The summed E-state index contributed by atoms with van der Waals surface area (Å²) in [5.74, 6) is -0.960. The summed E-state index contributed by atoms with van der Waals surface area (Å²) in [7, 11) is 0. The number of hydrogen-bond acceptors (Lipinski definition) is 6. The molecule has 1 amide bonds. The number of aliphatic carboxylic acids is 1. The van der Waals surface area contributed by atoms with Gasteiger partial charge in [-0.3, -0.25) is 4.79 Å². The van der Waals surface area contributed by atoms with E-state index in [0.29, 0.717) is 10.0 Å². The van der Waals surface area contributed by atoms with Crippen molar-refractivity contribution in [2.45, 2.75) is 39.3 Å². The molecule has 0 saturated carbocycles. The van der Waals surface area contributed by atoms with Gasteiger partial charge in [-0.05, 0) is 20.8 Å². The van der Waals surface area contributed by atoms with Crippen LogP contribution in [0.3, 0.4) is 0 Å². The molecule has 18 heavy (non-hydrogen) atoms. The standard InChI is InChI=1S/C10H15N3O4S/c1-10(2,3)17-9(16)11-5-7-13-12-6(18-7)4-8(14)15/h4-5H2,1-3H3,(H,11,16)(H,14,15). The van der Waals surface area contributed by atoms with E-state index < -0.39 is 17.7 Å². The lowest BCUT2D eigenvalue weighted by molar-refractivity contribution is -0.136. The van der Waals surface area contributed by atoms with Gasteiger partial charge in [-0.1, -0.05) is 11.3 Å². The Morgan fingerprint density at radius 1 is 1.33 bits per heavy atom. The Hall–Kier alpha value is -1.70. The van der Waals surface area contributed by atoms with Gasteiger partial charge in [0.1, 0.15) is 15.6 Å². The van der Waals surface area contributed by atoms with Gasteiger partial charge in [-0.15, -0.1) is 10.2 Å². The molecule has 1 aromatic heterocycles. The van der Waals surface area contributed by atoms with Crippen LogP contribution in [0.5, 0.6) is 0 Å². The number of carbonyl (C=O) groups is 2. The van der Waals surface area contributed by atoms with Crippen LogP contribution in [-0.2, 0) is 22.5 Å². The smallest absolute Gasteiger partial charge is 0.408 e. The lowest BCUT2D eigenvalue weighted by Crippen LogP contribution is -2.32. The van der Waals surface area contributed by atoms with Crippen molar-refractivity contribution in [3.8, 4) is 0 Å². The molecular formula is C10H15N3O4S. The maximum atomic E-state index is 11.3. The van der Waals surface area contributed by atoms with Crippen molar-refractivity contribution in [2.75, 3.05) is 0 Å². The van der Waals surface area contributed by atoms with Crippen molar-refractivity contribution in [2.24, 2.45) is 0 Å². The molecular weight excluding hydrogens is 258 g/mol. The third-order valence-electron chi connectivity index (χ3n) is 1.59. The van der Waals surface area contributed by atoms with E-state index in [4.69, 9.17) is 9.84 Å². The van der Waals surface area contributed by atoms with Crippen molar-refractivity contribution in [3.05, 3.63) is 10.0 Å². The van der Waals surface area contributed by atoms with E-state index in [0.717, 1.165) is 11.3 Å². The second kappa shape index (κ2) is 5.76. The highest BCUT2D eigenvalue weighted by Crippen LogP contribution is 2.11. The molecule has 0 saturated heterocycles. The van der Waals surface area contributed by atoms with Crippen LogP contribution in [0.2, 0.25) is 0 Å². The fraction of sp³-hybridized carbons (Fsp3) is 0.600. The van der Waals surface area contributed by atoms with Gasteiger partial charge >= 0.3 is 12.1 Å². The average Bonchev–Trinajstić information content (AvgIpc) is 2.59. The number of carboxylic acids is 1. The van der Waals surface area contributed by atoms with Gasteiger partial charge in [-0.2, -0.15) is 0 Å². The Kier molecular flexibility index (Phi) is 4.60. The first-order valence-electron chi connectivity index (χ1n) is 5.26. The summed E-state index contributed by atoms with van der Waals surface area (Å²) in [6.45, 7) is 5.47. The zero-order chi connectivity index (χ0) is 13.8. The number of nitrogens with one attached hydrogen (secondary N) is 1. The fourth-order valence-electron chi connectivity index (χ4n) is 1.02. The number of carbonyl (C=O) groups excluding carboxylic acids is 1. The third-order valence-corrected chi connectivity index (χ3v) is 2.52. The minimum Gasteiger partial charge on any atom is -0.481 e. The van der Waals surface area contributed by atoms with Gasteiger partial charge in [0.25, 0.3) is 0 Å². The Morgan fingerprint density at radius 2 is 1.94 bits per heavy atom. The third kappa shape index (κ3) is 5.58. The molecule has 0 aliphatic rings. The van der Waals surface area contributed by atoms with E-state index in [1.165, 1.54) is 0 Å². The van der Waals surface area contributed by atoms with Gasteiger partial charge in [-0.25, -0.2) is 4.79 Å². The first kappa shape index (κ1) is 14.4. The molecule has 0 fully saturated rings. The molecule has 0 spiro atoms. The highest BCUT2D eigenvalue weighted by molar-refractivity contribution is 7.11. The Balaban J connectivity index is 2.42. The van der Waals surface area contributed by atoms with Gasteiger partial charge in [0.15, 0.2) is 0 Å². The van der Waals surface area contributed by atoms with Crippen LogP contribution < -0.4 is 5.32 Å². The van der Waals surface area contributed by atoms with Crippen LogP contribution in [0.25, 0.3) is 0 Å². The number of rotatable bonds is 4. The zero-order valence-corrected chi connectivity index (χ0v) is 11.2. The van der Waals surface area contributed by atoms with Crippen molar-refractivity contribution in [3.63, 3.8) is 0 Å². The van der Waals surface area contributed by atoms with Crippen LogP contribution in [0.15, 0.2) is 0 Å². The van der Waals surface area contributed by atoms with Gasteiger partial charge in [0.2, 0.25) is 0 Å². The largest absolute Gasteiger partial charge is 0.481 e. The predicted octanol–water partition coefficient (Wildman–Crippen LogP) is 1.19. The molecule has 0 atom stereocenters. The molecule has 1 rings (SSSR count). The number of alkyl carbamates (subject to hydrolysis) is 1. The van der Waals surface area contributed by atoms with Crippen LogP contribution >= 0.6 is 11.3 Å². The number of aromatic nitrogens is 2.